The van der Waals surface area contributed by atoms with Crippen molar-refractivity contribution in [2.75, 3.05) is 19.8 Å². The average Bonchev–Trinajstić information content (AvgIpc) is 2.59. The van der Waals surface area contributed by atoms with Crippen molar-refractivity contribution in [3.63, 3.8) is 0 Å². The van der Waals surface area contributed by atoms with Crippen molar-refractivity contribution in [3.8, 4) is 0 Å². The van der Waals surface area contributed by atoms with Gasteiger partial charge in [0.2, 0.25) is 15.9 Å². The van der Waals surface area contributed by atoms with E-state index in [4.69, 9.17) is 0 Å². The van der Waals surface area contributed by atoms with Crippen LogP contribution in [0.25, 0.3) is 0 Å². The molecule has 0 saturated heterocycles. The van der Waals surface area contributed by atoms with Crippen LogP contribution in [0.2, 0.25) is 0 Å². The molecule has 0 fully saturated rings. The molecule has 1 amide bonds. The minimum atomic E-state index is -3.42. The van der Waals surface area contributed by atoms with E-state index in [1.807, 2.05) is 36.4 Å². The van der Waals surface area contributed by atoms with E-state index in [0.717, 1.165) is 11.8 Å². The van der Waals surface area contributed by atoms with Crippen LogP contribution in [0.5, 0.6) is 0 Å². The summed E-state index contributed by atoms with van der Waals surface area (Å²) in [5, 5.41) is 0. The van der Waals surface area contributed by atoms with Crippen molar-refractivity contribution in [2.45, 2.75) is 19.5 Å². The van der Waals surface area contributed by atoms with E-state index in [9.17, 15) is 13.2 Å². The zero-order valence-electron chi connectivity index (χ0n) is 14.5. The predicted octanol–water partition coefficient (Wildman–Crippen LogP) is 1.89. The van der Waals surface area contributed by atoms with Gasteiger partial charge in [-0.05, 0) is 17.7 Å². The lowest BCUT2D eigenvalue weighted by molar-refractivity contribution is -0.130. The Hall–Kier alpha value is -2.25. The molecule has 0 aliphatic heterocycles. The number of aromatic nitrogens is 1. The van der Waals surface area contributed by atoms with Crippen molar-refractivity contribution >= 4 is 15.9 Å². The lowest BCUT2D eigenvalue weighted by Crippen LogP contribution is -2.35. The number of rotatable bonds is 8. The average molecular weight is 361 g/mol. The molecule has 0 bridgehead atoms. The van der Waals surface area contributed by atoms with E-state index >= 15 is 0 Å². The maximum atomic E-state index is 12.3. The van der Waals surface area contributed by atoms with Crippen LogP contribution in [-0.2, 0) is 27.9 Å². The van der Waals surface area contributed by atoms with Crippen molar-refractivity contribution in [3.05, 3.63) is 66.0 Å². The Morgan fingerprint density at radius 3 is 2.32 bits per heavy atom. The summed E-state index contributed by atoms with van der Waals surface area (Å²) in [4.78, 5) is 18.1. The molecule has 7 heteroatoms. The summed E-state index contributed by atoms with van der Waals surface area (Å²) in [5.41, 5.74) is 1.69. The summed E-state index contributed by atoms with van der Waals surface area (Å²) in [6.07, 6.45) is 2.89. The van der Waals surface area contributed by atoms with Gasteiger partial charge in [0.1, 0.15) is 0 Å². The smallest absolute Gasteiger partial charge is 0.223 e. The number of pyridine rings is 1. The Bertz CT molecular complexity index is 780. The topological polar surface area (TPSA) is 70.6 Å². The first-order valence-corrected chi connectivity index (χ1v) is 9.84. The van der Waals surface area contributed by atoms with Crippen LogP contribution in [-0.4, -0.2) is 48.4 Å². The molecule has 0 aliphatic carbocycles. The van der Waals surface area contributed by atoms with E-state index in [1.54, 1.807) is 30.3 Å². The third-order valence-corrected chi connectivity index (χ3v) is 5.05. The largest absolute Gasteiger partial charge is 0.341 e. The standard InChI is InChI=1S/C18H23N3O3S/c1-20(14-16-8-4-3-5-9-16)18(22)11-13-21(25(2,23)24)15-17-10-6-7-12-19-17/h3-10,12H,11,13-15H2,1-2H3. The molecule has 6 nitrogen and oxygen atoms in total. The second-order valence-electron chi connectivity index (χ2n) is 5.90. The lowest BCUT2D eigenvalue weighted by Gasteiger charge is -2.22. The van der Waals surface area contributed by atoms with E-state index in [2.05, 4.69) is 4.98 Å². The second kappa shape index (κ2) is 8.73. The quantitative estimate of drug-likeness (QED) is 0.720. The lowest BCUT2D eigenvalue weighted by atomic mass is 10.2. The van der Waals surface area contributed by atoms with Crippen LogP contribution in [0.15, 0.2) is 54.7 Å². The molecule has 0 atom stereocenters. The Labute approximate surface area is 149 Å². The summed E-state index contributed by atoms with van der Waals surface area (Å²) in [6.45, 7) is 0.793. The molecule has 1 aromatic heterocycles. The maximum absolute atomic E-state index is 12.3. The second-order valence-corrected chi connectivity index (χ2v) is 7.89. The zero-order valence-corrected chi connectivity index (χ0v) is 15.3. The van der Waals surface area contributed by atoms with Gasteiger partial charge in [0.25, 0.3) is 0 Å². The highest BCUT2D eigenvalue weighted by Gasteiger charge is 2.20. The van der Waals surface area contributed by atoms with Gasteiger partial charge >= 0.3 is 0 Å². The third kappa shape index (κ3) is 6.28. The van der Waals surface area contributed by atoms with Crippen molar-refractivity contribution < 1.29 is 13.2 Å². The normalized spacial score (nSPS) is 11.5. The van der Waals surface area contributed by atoms with E-state index in [-0.39, 0.29) is 25.4 Å². The molecular weight excluding hydrogens is 338 g/mol. The number of carbonyl (C=O) groups is 1. The number of amides is 1. The van der Waals surface area contributed by atoms with Gasteiger partial charge in [-0.1, -0.05) is 36.4 Å². The molecule has 2 aromatic rings. The molecule has 1 aromatic carbocycles. The van der Waals surface area contributed by atoms with Crippen LogP contribution in [0.3, 0.4) is 0 Å². The van der Waals surface area contributed by atoms with Crippen molar-refractivity contribution in [2.24, 2.45) is 0 Å². The van der Waals surface area contributed by atoms with Gasteiger partial charge in [0.05, 0.1) is 18.5 Å². The van der Waals surface area contributed by atoms with Gasteiger partial charge < -0.3 is 4.90 Å². The fourth-order valence-corrected chi connectivity index (χ4v) is 3.18. The Morgan fingerprint density at radius 1 is 1.04 bits per heavy atom. The van der Waals surface area contributed by atoms with Gasteiger partial charge in [0, 0.05) is 32.8 Å². The maximum Gasteiger partial charge on any atom is 0.223 e. The SMILES string of the molecule is CN(Cc1ccccc1)C(=O)CCN(Cc1ccccn1)S(C)(=O)=O. The fourth-order valence-electron chi connectivity index (χ4n) is 2.39. The number of carbonyl (C=O) groups excluding carboxylic acids is 1. The monoisotopic (exact) mass is 361 g/mol. The molecule has 0 aliphatic rings. The summed E-state index contributed by atoms with van der Waals surface area (Å²) in [5.74, 6) is -0.0986. The first-order valence-electron chi connectivity index (χ1n) is 7.99. The minimum absolute atomic E-state index is 0.0986. The van der Waals surface area contributed by atoms with E-state index in [1.165, 1.54) is 4.31 Å². The van der Waals surface area contributed by atoms with Crippen molar-refractivity contribution in [1.82, 2.24) is 14.2 Å². The number of nitrogens with zero attached hydrogens (tertiary/aromatic N) is 3. The Kier molecular flexibility index (Phi) is 6.66. The Balaban J connectivity index is 1.94. The third-order valence-electron chi connectivity index (χ3n) is 3.80. The van der Waals surface area contributed by atoms with Gasteiger partial charge in [-0.3, -0.25) is 9.78 Å². The molecule has 0 saturated carbocycles. The molecule has 2 rings (SSSR count). The molecule has 134 valence electrons. The minimum Gasteiger partial charge on any atom is -0.341 e. The molecule has 0 radical (unpaired) electrons. The van der Waals surface area contributed by atoms with Gasteiger partial charge in [-0.15, -0.1) is 0 Å². The number of hydrogen-bond donors (Lipinski definition) is 0. The van der Waals surface area contributed by atoms with Crippen LogP contribution >= 0.6 is 0 Å². The van der Waals surface area contributed by atoms with Gasteiger partial charge in [-0.25, -0.2) is 8.42 Å². The van der Waals surface area contributed by atoms with Gasteiger partial charge in [0.15, 0.2) is 0 Å². The highest BCUT2D eigenvalue weighted by Crippen LogP contribution is 2.09. The summed E-state index contributed by atoms with van der Waals surface area (Å²) < 4.78 is 25.2. The van der Waals surface area contributed by atoms with Crippen molar-refractivity contribution in [1.29, 1.82) is 0 Å². The van der Waals surface area contributed by atoms with Crippen LogP contribution < -0.4 is 0 Å². The number of hydrogen-bond acceptors (Lipinski definition) is 4. The molecule has 1 heterocycles. The highest BCUT2D eigenvalue weighted by molar-refractivity contribution is 7.88. The van der Waals surface area contributed by atoms with Gasteiger partial charge in [-0.2, -0.15) is 4.31 Å². The van der Waals surface area contributed by atoms with Crippen LogP contribution in [0, 0.1) is 0 Å². The van der Waals surface area contributed by atoms with E-state index in [0.29, 0.717) is 12.2 Å². The Morgan fingerprint density at radius 2 is 1.72 bits per heavy atom. The first kappa shape index (κ1) is 19.1. The van der Waals surface area contributed by atoms with Crippen LogP contribution in [0.1, 0.15) is 17.7 Å². The number of benzene rings is 1. The first-order chi connectivity index (χ1) is 11.9. The summed E-state index contributed by atoms with van der Waals surface area (Å²) >= 11 is 0. The summed E-state index contributed by atoms with van der Waals surface area (Å²) in [7, 11) is -1.70. The fraction of sp³-hybridized carbons (Fsp3) is 0.333. The molecule has 0 spiro atoms. The highest BCUT2D eigenvalue weighted by atomic mass is 32.2. The van der Waals surface area contributed by atoms with E-state index < -0.39 is 10.0 Å². The zero-order chi connectivity index (χ0) is 18.3. The summed E-state index contributed by atoms with van der Waals surface area (Å²) in [6, 6.07) is 15.0. The van der Waals surface area contributed by atoms with Crippen LogP contribution in [0.4, 0.5) is 0 Å². The predicted molar refractivity (Wildman–Crippen MR) is 97.0 cm³/mol. The number of sulfonamides is 1. The molecule has 0 unspecified atom stereocenters. The molecular formula is C18H23N3O3S. The molecule has 0 N–H and O–H groups in total. The molecule has 25 heavy (non-hydrogen) atoms.